The number of hydrogen-bond acceptors (Lipinski definition) is 3. The van der Waals surface area contributed by atoms with Crippen LogP contribution in [0.4, 0.5) is 0 Å². The summed E-state index contributed by atoms with van der Waals surface area (Å²) in [6, 6.07) is 4.85. The summed E-state index contributed by atoms with van der Waals surface area (Å²) in [7, 11) is -3.74. The molecule has 0 amide bonds. The molecule has 4 nitrogen and oxygen atoms in total. The zero-order chi connectivity index (χ0) is 10.1. The summed E-state index contributed by atoms with van der Waals surface area (Å²) in [6.07, 6.45) is 0. The maximum atomic E-state index is 11.1. The van der Waals surface area contributed by atoms with Gasteiger partial charge in [0.05, 0.1) is 11.5 Å². The molecule has 0 atom stereocenters. The van der Waals surface area contributed by atoms with Crippen molar-refractivity contribution in [1.29, 1.82) is 0 Å². The van der Waals surface area contributed by atoms with E-state index in [-0.39, 0.29) is 11.5 Å². The minimum Gasteiger partial charge on any atom is -0.392 e. The van der Waals surface area contributed by atoms with Gasteiger partial charge in [-0.25, -0.2) is 13.6 Å². The van der Waals surface area contributed by atoms with Crippen LogP contribution in [0.15, 0.2) is 23.1 Å². The number of aliphatic hydroxyl groups excluding tert-OH is 1. The number of rotatable bonds is 2. The fraction of sp³-hybridized carbons (Fsp3) is 0.250. The number of nitrogens with two attached hydrogens (primary N) is 1. The molecule has 0 aliphatic heterocycles. The highest BCUT2D eigenvalue weighted by Crippen LogP contribution is 2.18. The van der Waals surface area contributed by atoms with Gasteiger partial charge < -0.3 is 5.11 Å². The van der Waals surface area contributed by atoms with Gasteiger partial charge >= 0.3 is 0 Å². The lowest BCUT2D eigenvalue weighted by molar-refractivity contribution is 0.278. The molecule has 1 rings (SSSR count). The zero-order valence-corrected chi connectivity index (χ0v) is 8.00. The highest BCUT2D eigenvalue weighted by atomic mass is 32.2. The summed E-state index contributed by atoms with van der Waals surface area (Å²) in [5.74, 6) is 0. The van der Waals surface area contributed by atoms with Crippen molar-refractivity contribution in [3.8, 4) is 0 Å². The first-order chi connectivity index (χ1) is 5.96. The Morgan fingerprint density at radius 3 is 2.46 bits per heavy atom. The Labute approximate surface area is 77.1 Å². The molecule has 1 aromatic rings. The molecule has 72 valence electrons. The normalized spacial score (nSPS) is 11.6. The van der Waals surface area contributed by atoms with Gasteiger partial charge in [-0.1, -0.05) is 18.2 Å². The Morgan fingerprint density at radius 1 is 1.46 bits per heavy atom. The van der Waals surface area contributed by atoms with Crippen LogP contribution in [0.25, 0.3) is 0 Å². The third-order valence-electron chi connectivity index (χ3n) is 1.75. The molecule has 0 heterocycles. The predicted octanol–water partition coefficient (Wildman–Crippen LogP) is 0.135. The Hall–Kier alpha value is -0.910. The molecule has 0 fully saturated rings. The van der Waals surface area contributed by atoms with Crippen LogP contribution in [0, 0.1) is 6.92 Å². The number of hydrogen-bond donors (Lipinski definition) is 2. The lowest BCUT2D eigenvalue weighted by atomic mass is 10.1. The van der Waals surface area contributed by atoms with E-state index in [2.05, 4.69) is 0 Å². The van der Waals surface area contributed by atoms with Crippen molar-refractivity contribution < 1.29 is 13.5 Å². The molecule has 0 saturated heterocycles. The fourth-order valence-electron chi connectivity index (χ4n) is 1.24. The first kappa shape index (κ1) is 10.2. The van der Waals surface area contributed by atoms with E-state index in [0.717, 1.165) is 0 Å². The summed E-state index contributed by atoms with van der Waals surface area (Å²) in [5, 5.41) is 13.9. The minimum absolute atomic E-state index is 0.0255. The van der Waals surface area contributed by atoms with Crippen molar-refractivity contribution in [3.63, 3.8) is 0 Å². The first-order valence-electron chi connectivity index (χ1n) is 3.69. The fourth-order valence-corrected chi connectivity index (χ4v) is 2.26. The molecule has 0 aliphatic rings. The largest absolute Gasteiger partial charge is 0.392 e. The molecular weight excluding hydrogens is 190 g/mol. The van der Waals surface area contributed by atoms with Crippen LogP contribution in [-0.4, -0.2) is 13.5 Å². The minimum atomic E-state index is -3.74. The molecular formula is C8H11NO3S. The topological polar surface area (TPSA) is 80.4 Å². The van der Waals surface area contributed by atoms with Crippen molar-refractivity contribution in [2.24, 2.45) is 5.14 Å². The van der Waals surface area contributed by atoms with E-state index < -0.39 is 10.0 Å². The summed E-state index contributed by atoms with van der Waals surface area (Å²) < 4.78 is 22.2. The molecule has 0 aliphatic carbocycles. The number of benzene rings is 1. The van der Waals surface area contributed by atoms with Crippen molar-refractivity contribution in [1.82, 2.24) is 0 Å². The smallest absolute Gasteiger partial charge is 0.238 e. The lowest BCUT2D eigenvalue weighted by Gasteiger charge is -2.07. The maximum absolute atomic E-state index is 11.1. The highest BCUT2D eigenvalue weighted by Gasteiger charge is 2.15. The van der Waals surface area contributed by atoms with E-state index in [1.807, 2.05) is 0 Å². The van der Waals surface area contributed by atoms with E-state index >= 15 is 0 Å². The Morgan fingerprint density at radius 2 is 2.08 bits per heavy atom. The molecule has 0 unspecified atom stereocenters. The third kappa shape index (κ3) is 2.06. The molecule has 0 saturated carbocycles. The maximum Gasteiger partial charge on any atom is 0.238 e. The van der Waals surface area contributed by atoms with Crippen LogP contribution in [0.1, 0.15) is 11.1 Å². The number of aryl methyl sites for hydroxylation is 1. The summed E-state index contributed by atoms with van der Waals surface area (Å²) in [5.41, 5.74) is 0.886. The monoisotopic (exact) mass is 201 g/mol. The van der Waals surface area contributed by atoms with Crippen molar-refractivity contribution in [3.05, 3.63) is 29.3 Å². The number of aliphatic hydroxyl groups is 1. The third-order valence-corrected chi connectivity index (χ3v) is 2.90. The van der Waals surface area contributed by atoms with E-state index in [1.165, 1.54) is 6.07 Å². The van der Waals surface area contributed by atoms with Crippen LogP contribution in [0.5, 0.6) is 0 Å². The van der Waals surface area contributed by atoms with Crippen LogP contribution in [-0.2, 0) is 16.6 Å². The zero-order valence-electron chi connectivity index (χ0n) is 7.19. The SMILES string of the molecule is Cc1cccc(CO)c1S(N)(=O)=O. The average molecular weight is 201 g/mol. The predicted molar refractivity (Wildman–Crippen MR) is 48.5 cm³/mol. The van der Waals surface area contributed by atoms with Crippen molar-refractivity contribution >= 4 is 10.0 Å². The van der Waals surface area contributed by atoms with Gasteiger partial charge in [-0.05, 0) is 18.1 Å². The van der Waals surface area contributed by atoms with Crippen LogP contribution >= 0.6 is 0 Å². The van der Waals surface area contributed by atoms with Gasteiger partial charge in [0, 0.05) is 0 Å². The second-order valence-electron chi connectivity index (χ2n) is 2.77. The van der Waals surface area contributed by atoms with Crippen LogP contribution < -0.4 is 5.14 Å². The molecule has 0 radical (unpaired) electrons. The lowest BCUT2D eigenvalue weighted by Crippen LogP contribution is -2.16. The standard InChI is InChI=1S/C8H11NO3S/c1-6-3-2-4-7(5-10)8(6)13(9,11)12/h2-4,10H,5H2,1H3,(H2,9,11,12). The average Bonchev–Trinajstić information content (AvgIpc) is 2.01. The van der Waals surface area contributed by atoms with Gasteiger partial charge in [0.2, 0.25) is 10.0 Å². The number of primary sulfonamides is 1. The molecule has 0 spiro atoms. The van der Waals surface area contributed by atoms with Gasteiger partial charge in [0.15, 0.2) is 0 Å². The molecule has 1 aromatic carbocycles. The Balaban J connectivity index is 3.50. The van der Waals surface area contributed by atoms with Gasteiger partial charge in [0.25, 0.3) is 0 Å². The van der Waals surface area contributed by atoms with Gasteiger partial charge in [0.1, 0.15) is 0 Å². The quantitative estimate of drug-likeness (QED) is 0.714. The second-order valence-corrected chi connectivity index (χ2v) is 4.26. The second kappa shape index (κ2) is 3.45. The molecule has 13 heavy (non-hydrogen) atoms. The first-order valence-corrected chi connectivity index (χ1v) is 5.23. The molecule has 3 N–H and O–H groups in total. The summed E-state index contributed by atoms with van der Waals surface area (Å²) in [4.78, 5) is 0.0255. The van der Waals surface area contributed by atoms with Gasteiger partial charge in [-0.3, -0.25) is 0 Å². The van der Waals surface area contributed by atoms with E-state index in [0.29, 0.717) is 11.1 Å². The van der Waals surface area contributed by atoms with E-state index in [4.69, 9.17) is 10.2 Å². The Kier molecular flexibility index (Phi) is 2.70. The van der Waals surface area contributed by atoms with Gasteiger partial charge in [-0.15, -0.1) is 0 Å². The summed E-state index contributed by atoms with van der Waals surface area (Å²) >= 11 is 0. The number of sulfonamides is 1. The van der Waals surface area contributed by atoms with Crippen molar-refractivity contribution in [2.45, 2.75) is 18.4 Å². The molecule has 5 heteroatoms. The highest BCUT2D eigenvalue weighted by molar-refractivity contribution is 7.89. The van der Waals surface area contributed by atoms with Crippen LogP contribution in [0.2, 0.25) is 0 Å². The molecule has 0 aromatic heterocycles. The van der Waals surface area contributed by atoms with Crippen LogP contribution in [0.3, 0.4) is 0 Å². The summed E-state index contributed by atoms with van der Waals surface area (Å²) in [6.45, 7) is 1.31. The Bertz CT molecular complexity index is 411. The van der Waals surface area contributed by atoms with Crippen molar-refractivity contribution in [2.75, 3.05) is 0 Å². The van der Waals surface area contributed by atoms with Gasteiger partial charge in [-0.2, -0.15) is 0 Å². The molecule has 0 bridgehead atoms. The van der Waals surface area contributed by atoms with E-state index in [9.17, 15) is 8.42 Å². The van der Waals surface area contributed by atoms with E-state index in [1.54, 1.807) is 19.1 Å².